The highest BCUT2D eigenvalue weighted by atomic mass is 32.2. The monoisotopic (exact) mass is 333 g/mol. The summed E-state index contributed by atoms with van der Waals surface area (Å²) in [5.41, 5.74) is 1.90. The summed E-state index contributed by atoms with van der Waals surface area (Å²) in [6.07, 6.45) is 0. The molecule has 0 radical (unpaired) electrons. The molecular weight excluding hydrogens is 314 g/mol. The molecule has 6 heteroatoms. The van der Waals surface area contributed by atoms with Gasteiger partial charge in [-0.1, -0.05) is 32.0 Å². The molecule has 2 aromatic carbocycles. The number of hydrogen-bond donors (Lipinski definition) is 2. The van der Waals surface area contributed by atoms with Crippen molar-refractivity contribution in [3.05, 3.63) is 59.2 Å². The first-order valence-electron chi connectivity index (χ1n) is 7.17. The number of nitrogens with one attached hydrogen (secondary N) is 1. The van der Waals surface area contributed by atoms with Crippen molar-refractivity contribution in [1.29, 1.82) is 0 Å². The van der Waals surface area contributed by atoms with Gasteiger partial charge in [0.05, 0.1) is 10.5 Å². The summed E-state index contributed by atoms with van der Waals surface area (Å²) in [4.78, 5) is 11.0. The molecule has 0 aliphatic heterocycles. The van der Waals surface area contributed by atoms with E-state index < -0.39 is 16.0 Å². The Kier molecular flexibility index (Phi) is 4.75. The van der Waals surface area contributed by atoms with E-state index in [0.717, 1.165) is 5.56 Å². The minimum atomic E-state index is -3.86. The second-order valence-corrected chi connectivity index (χ2v) is 7.32. The number of rotatable bonds is 5. The van der Waals surface area contributed by atoms with Crippen LogP contribution in [0.3, 0.4) is 0 Å². The van der Waals surface area contributed by atoms with E-state index in [9.17, 15) is 13.2 Å². The normalized spacial score (nSPS) is 11.5. The Morgan fingerprint density at radius 2 is 1.83 bits per heavy atom. The van der Waals surface area contributed by atoms with Crippen LogP contribution in [0.4, 0.5) is 5.69 Å². The second-order valence-electron chi connectivity index (χ2n) is 5.67. The molecule has 23 heavy (non-hydrogen) atoms. The van der Waals surface area contributed by atoms with E-state index in [4.69, 9.17) is 5.11 Å². The zero-order chi connectivity index (χ0) is 17.2. The number of sulfonamides is 1. The second kappa shape index (κ2) is 6.42. The number of carboxylic acid groups (broad SMARTS) is 1. The lowest BCUT2D eigenvalue weighted by Gasteiger charge is -2.13. The van der Waals surface area contributed by atoms with E-state index in [1.807, 2.05) is 19.9 Å². The van der Waals surface area contributed by atoms with Gasteiger partial charge < -0.3 is 5.11 Å². The van der Waals surface area contributed by atoms with Gasteiger partial charge >= 0.3 is 5.97 Å². The molecule has 0 saturated heterocycles. The fourth-order valence-corrected chi connectivity index (χ4v) is 3.52. The molecule has 2 rings (SSSR count). The van der Waals surface area contributed by atoms with Gasteiger partial charge in [-0.25, -0.2) is 13.2 Å². The third kappa shape index (κ3) is 3.90. The molecule has 0 aliphatic carbocycles. The first-order valence-corrected chi connectivity index (χ1v) is 8.66. The number of aryl methyl sites for hydroxylation is 1. The molecule has 0 aliphatic rings. The van der Waals surface area contributed by atoms with Gasteiger partial charge in [0, 0.05) is 5.69 Å². The van der Waals surface area contributed by atoms with E-state index in [2.05, 4.69) is 4.72 Å². The van der Waals surface area contributed by atoms with E-state index in [1.54, 1.807) is 25.1 Å². The number of aromatic carboxylic acids is 1. The molecule has 0 aromatic heterocycles. The van der Waals surface area contributed by atoms with Gasteiger partial charge in [-0.2, -0.15) is 0 Å². The minimum Gasteiger partial charge on any atom is -0.478 e. The lowest BCUT2D eigenvalue weighted by Crippen LogP contribution is -2.15. The highest BCUT2D eigenvalue weighted by molar-refractivity contribution is 7.92. The van der Waals surface area contributed by atoms with Gasteiger partial charge in [0.2, 0.25) is 0 Å². The van der Waals surface area contributed by atoms with Gasteiger partial charge in [-0.15, -0.1) is 0 Å². The van der Waals surface area contributed by atoms with Crippen LogP contribution in [0.2, 0.25) is 0 Å². The molecular formula is C17H19NO4S. The molecule has 0 bridgehead atoms. The van der Waals surface area contributed by atoms with Crippen LogP contribution in [0.25, 0.3) is 0 Å². The van der Waals surface area contributed by atoms with Crippen LogP contribution < -0.4 is 4.72 Å². The Hall–Kier alpha value is -2.34. The SMILES string of the molecule is Cc1ccc(C(=O)O)cc1S(=O)(=O)Nc1cccc(C(C)C)c1. The predicted octanol–water partition coefficient (Wildman–Crippen LogP) is 3.62. The van der Waals surface area contributed by atoms with Crippen molar-refractivity contribution in [1.82, 2.24) is 0 Å². The molecule has 5 nitrogen and oxygen atoms in total. The van der Waals surface area contributed by atoms with Crippen molar-refractivity contribution in [2.24, 2.45) is 0 Å². The van der Waals surface area contributed by atoms with Crippen LogP contribution in [0.1, 0.15) is 41.3 Å². The van der Waals surface area contributed by atoms with Crippen molar-refractivity contribution < 1.29 is 18.3 Å². The summed E-state index contributed by atoms with van der Waals surface area (Å²) in [7, 11) is -3.86. The lowest BCUT2D eigenvalue weighted by atomic mass is 10.0. The van der Waals surface area contributed by atoms with Crippen molar-refractivity contribution >= 4 is 21.7 Å². The first kappa shape index (κ1) is 17.0. The average molecular weight is 333 g/mol. The zero-order valence-electron chi connectivity index (χ0n) is 13.2. The Bertz CT molecular complexity index is 841. The fourth-order valence-electron chi connectivity index (χ4n) is 2.19. The standard InChI is InChI=1S/C17H19NO4S/c1-11(2)13-5-4-6-15(9-13)18-23(21,22)16-10-14(17(19)20)8-7-12(16)3/h4-11,18H,1-3H3,(H,19,20). The third-order valence-corrected chi connectivity index (χ3v) is 5.05. The molecule has 2 N–H and O–H groups in total. The molecule has 122 valence electrons. The van der Waals surface area contributed by atoms with Crippen molar-refractivity contribution in [2.45, 2.75) is 31.6 Å². The number of hydrogen-bond acceptors (Lipinski definition) is 3. The number of carboxylic acids is 1. The smallest absolute Gasteiger partial charge is 0.335 e. The Morgan fingerprint density at radius 1 is 1.13 bits per heavy atom. The van der Waals surface area contributed by atoms with Crippen LogP contribution >= 0.6 is 0 Å². The molecule has 0 spiro atoms. The van der Waals surface area contributed by atoms with Crippen molar-refractivity contribution in [2.75, 3.05) is 4.72 Å². The molecule has 0 amide bonds. The van der Waals surface area contributed by atoms with Crippen molar-refractivity contribution in [3.8, 4) is 0 Å². The van der Waals surface area contributed by atoms with Gasteiger partial charge in [0.15, 0.2) is 0 Å². The third-order valence-electron chi connectivity index (χ3n) is 3.53. The topological polar surface area (TPSA) is 83.5 Å². The molecule has 0 unspecified atom stereocenters. The molecule has 0 saturated carbocycles. The van der Waals surface area contributed by atoms with E-state index in [0.29, 0.717) is 11.3 Å². The molecule has 2 aromatic rings. The van der Waals surface area contributed by atoms with Crippen LogP contribution in [0.15, 0.2) is 47.4 Å². The maximum Gasteiger partial charge on any atom is 0.335 e. The first-order chi connectivity index (χ1) is 10.7. The van der Waals surface area contributed by atoms with Gasteiger partial charge in [-0.05, 0) is 48.2 Å². The van der Waals surface area contributed by atoms with Crippen molar-refractivity contribution in [3.63, 3.8) is 0 Å². The fraction of sp³-hybridized carbons (Fsp3) is 0.235. The van der Waals surface area contributed by atoms with Crippen LogP contribution in [-0.4, -0.2) is 19.5 Å². The number of benzene rings is 2. The summed E-state index contributed by atoms with van der Waals surface area (Å²) in [5.74, 6) is -0.889. The summed E-state index contributed by atoms with van der Waals surface area (Å²) in [6, 6.07) is 11.2. The van der Waals surface area contributed by atoms with Gasteiger partial charge in [0.25, 0.3) is 10.0 Å². The van der Waals surface area contributed by atoms with E-state index in [-0.39, 0.29) is 16.4 Å². The molecule has 0 heterocycles. The maximum atomic E-state index is 12.6. The number of carbonyl (C=O) groups is 1. The highest BCUT2D eigenvalue weighted by Gasteiger charge is 2.19. The van der Waals surface area contributed by atoms with E-state index in [1.165, 1.54) is 18.2 Å². The average Bonchev–Trinajstić information content (AvgIpc) is 2.47. The van der Waals surface area contributed by atoms with Gasteiger partial charge in [-0.3, -0.25) is 4.72 Å². The quantitative estimate of drug-likeness (QED) is 0.875. The Labute approximate surface area is 136 Å². The Balaban J connectivity index is 2.41. The van der Waals surface area contributed by atoms with E-state index >= 15 is 0 Å². The van der Waals surface area contributed by atoms with Crippen LogP contribution in [-0.2, 0) is 10.0 Å². The summed E-state index contributed by atoms with van der Waals surface area (Å²) < 4.78 is 27.7. The highest BCUT2D eigenvalue weighted by Crippen LogP contribution is 2.23. The molecule has 0 atom stereocenters. The molecule has 0 fully saturated rings. The lowest BCUT2D eigenvalue weighted by molar-refractivity contribution is 0.0696. The summed E-state index contributed by atoms with van der Waals surface area (Å²) in [5, 5.41) is 9.04. The maximum absolute atomic E-state index is 12.6. The predicted molar refractivity (Wildman–Crippen MR) is 89.5 cm³/mol. The van der Waals surface area contributed by atoms with Gasteiger partial charge in [0.1, 0.15) is 0 Å². The zero-order valence-corrected chi connectivity index (χ0v) is 14.0. The minimum absolute atomic E-state index is 0.0349. The Morgan fingerprint density at radius 3 is 2.43 bits per heavy atom. The van der Waals surface area contributed by atoms with Crippen LogP contribution in [0, 0.1) is 6.92 Å². The largest absolute Gasteiger partial charge is 0.478 e. The number of anilines is 1. The summed E-state index contributed by atoms with van der Waals surface area (Å²) in [6.45, 7) is 5.67. The summed E-state index contributed by atoms with van der Waals surface area (Å²) >= 11 is 0. The van der Waals surface area contributed by atoms with Crippen LogP contribution in [0.5, 0.6) is 0 Å².